The summed E-state index contributed by atoms with van der Waals surface area (Å²) in [5.74, 6) is 0.807. The van der Waals surface area contributed by atoms with E-state index in [0.717, 1.165) is 22.0 Å². The van der Waals surface area contributed by atoms with Crippen LogP contribution in [0, 0.1) is 6.92 Å². The average molecular weight is 319 g/mol. The molecule has 0 saturated carbocycles. The van der Waals surface area contributed by atoms with Gasteiger partial charge in [-0.25, -0.2) is 0 Å². The lowest BCUT2D eigenvalue weighted by molar-refractivity contribution is 0.415. The van der Waals surface area contributed by atoms with Crippen LogP contribution in [0.5, 0.6) is 5.75 Å². The molecule has 1 heterocycles. The highest BCUT2D eigenvalue weighted by Crippen LogP contribution is 2.16. The highest BCUT2D eigenvalue weighted by atomic mass is 32.1. The maximum atomic E-state index is 5.21. The van der Waals surface area contributed by atoms with Crippen molar-refractivity contribution < 1.29 is 4.74 Å². The Balaban J connectivity index is 1.92. The molecular weight excluding hydrogens is 302 g/mol. The molecule has 4 nitrogen and oxygen atoms in total. The van der Waals surface area contributed by atoms with E-state index in [2.05, 4.69) is 34.9 Å². The molecule has 2 aromatic rings. The molecule has 110 valence electrons. The van der Waals surface area contributed by atoms with Gasteiger partial charge in [-0.3, -0.25) is 5.43 Å². The summed E-state index contributed by atoms with van der Waals surface area (Å²) in [4.78, 5) is 2.39. The quantitative estimate of drug-likeness (QED) is 0.511. The number of hydrogen-bond donors (Lipinski definition) is 2. The number of ether oxygens (including phenoxy) is 1. The van der Waals surface area contributed by atoms with Gasteiger partial charge in [0.2, 0.25) is 0 Å². The molecule has 0 amide bonds. The highest BCUT2D eigenvalue weighted by molar-refractivity contribution is 7.80. The van der Waals surface area contributed by atoms with E-state index >= 15 is 0 Å². The number of hydrazone groups is 1. The first-order valence-corrected chi connectivity index (χ1v) is 7.63. The first kappa shape index (κ1) is 15.5. The Kier molecular flexibility index (Phi) is 5.30. The van der Waals surface area contributed by atoms with Crippen LogP contribution in [0.3, 0.4) is 0 Å². The fourth-order valence-corrected chi connectivity index (χ4v) is 2.63. The summed E-state index contributed by atoms with van der Waals surface area (Å²) < 4.78 is 5.11. The maximum Gasteiger partial charge on any atom is 0.191 e. The Bertz CT molecular complexity index is 647. The van der Waals surface area contributed by atoms with Crippen molar-refractivity contribution in [1.82, 2.24) is 5.43 Å². The first-order chi connectivity index (χ1) is 10.1. The lowest BCUT2D eigenvalue weighted by Gasteiger charge is -2.08. The predicted molar refractivity (Wildman–Crippen MR) is 93.6 cm³/mol. The fraction of sp³-hybridized carbons (Fsp3) is 0.200. The smallest absolute Gasteiger partial charge is 0.191 e. The zero-order valence-electron chi connectivity index (χ0n) is 12.1. The van der Waals surface area contributed by atoms with Crippen molar-refractivity contribution in [3.05, 3.63) is 46.2 Å². The predicted octanol–water partition coefficient (Wildman–Crippen LogP) is 3.78. The van der Waals surface area contributed by atoms with Gasteiger partial charge in [-0.2, -0.15) is 5.10 Å². The van der Waals surface area contributed by atoms with Crippen LogP contribution in [-0.4, -0.2) is 17.9 Å². The SMILES string of the molecule is COc1ccc(NC(=S)N/N=C(/C)c2ccc(C)s2)cc1. The standard InChI is InChI=1S/C15H17N3OS2/c1-10-4-9-14(21-10)11(2)17-18-15(20)16-12-5-7-13(19-3)8-6-12/h4-9H,1-3H3,(H2,16,18,20)/b17-11-. The molecule has 0 unspecified atom stereocenters. The molecule has 1 aromatic carbocycles. The summed E-state index contributed by atoms with van der Waals surface area (Å²) in [6.45, 7) is 4.03. The molecule has 0 radical (unpaired) electrons. The van der Waals surface area contributed by atoms with Crippen molar-refractivity contribution in [2.45, 2.75) is 13.8 Å². The third-order valence-corrected chi connectivity index (χ3v) is 4.07. The van der Waals surface area contributed by atoms with E-state index in [1.807, 2.05) is 31.2 Å². The number of anilines is 1. The second kappa shape index (κ2) is 7.19. The topological polar surface area (TPSA) is 45.6 Å². The molecule has 0 aliphatic heterocycles. The minimum absolute atomic E-state index is 0.452. The summed E-state index contributed by atoms with van der Waals surface area (Å²) in [6.07, 6.45) is 0. The third-order valence-electron chi connectivity index (χ3n) is 2.77. The lowest BCUT2D eigenvalue weighted by Crippen LogP contribution is -2.24. The van der Waals surface area contributed by atoms with Crippen LogP contribution in [0.2, 0.25) is 0 Å². The maximum absolute atomic E-state index is 5.21. The lowest BCUT2D eigenvalue weighted by atomic mass is 10.3. The van der Waals surface area contributed by atoms with Crippen molar-refractivity contribution in [2.24, 2.45) is 5.10 Å². The summed E-state index contributed by atoms with van der Waals surface area (Å²) in [7, 11) is 1.64. The molecule has 1 aromatic heterocycles. The monoisotopic (exact) mass is 319 g/mol. The number of thiophene rings is 1. The number of rotatable bonds is 4. The van der Waals surface area contributed by atoms with Crippen molar-refractivity contribution in [3.8, 4) is 5.75 Å². The van der Waals surface area contributed by atoms with Crippen LogP contribution < -0.4 is 15.5 Å². The van der Waals surface area contributed by atoms with Crippen molar-refractivity contribution in [2.75, 3.05) is 12.4 Å². The molecule has 0 atom stereocenters. The van der Waals surface area contributed by atoms with Gasteiger partial charge in [-0.05, 0) is 62.5 Å². The summed E-state index contributed by atoms with van der Waals surface area (Å²) in [5.41, 5.74) is 4.64. The second-order valence-corrected chi connectivity index (χ2v) is 6.10. The molecule has 2 rings (SSSR count). The Morgan fingerprint density at radius 1 is 1.19 bits per heavy atom. The van der Waals surface area contributed by atoms with E-state index in [1.54, 1.807) is 18.4 Å². The second-order valence-electron chi connectivity index (χ2n) is 4.40. The van der Waals surface area contributed by atoms with Gasteiger partial charge in [0.1, 0.15) is 5.75 Å². The number of nitrogens with zero attached hydrogens (tertiary/aromatic N) is 1. The molecule has 0 aliphatic carbocycles. The van der Waals surface area contributed by atoms with Gasteiger partial charge in [-0.1, -0.05) is 0 Å². The van der Waals surface area contributed by atoms with Crippen LogP contribution in [0.15, 0.2) is 41.5 Å². The van der Waals surface area contributed by atoms with Crippen molar-refractivity contribution in [3.63, 3.8) is 0 Å². The molecule has 21 heavy (non-hydrogen) atoms. The Morgan fingerprint density at radius 2 is 1.90 bits per heavy atom. The molecule has 0 fully saturated rings. The number of thiocarbonyl (C=S) groups is 1. The first-order valence-electron chi connectivity index (χ1n) is 6.40. The fourth-order valence-electron chi connectivity index (χ4n) is 1.65. The van der Waals surface area contributed by atoms with Gasteiger partial charge in [0.05, 0.1) is 17.7 Å². The molecular formula is C15H17N3OS2. The van der Waals surface area contributed by atoms with Crippen LogP contribution >= 0.6 is 23.6 Å². The number of hydrogen-bond acceptors (Lipinski definition) is 4. The van der Waals surface area contributed by atoms with Gasteiger partial charge in [0.25, 0.3) is 0 Å². The largest absolute Gasteiger partial charge is 0.497 e. The van der Waals surface area contributed by atoms with Gasteiger partial charge in [0, 0.05) is 10.6 Å². The van der Waals surface area contributed by atoms with Crippen molar-refractivity contribution >= 4 is 40.1 Å². The number of aryl methyl sites for hydroxylation is 1. The number of methoxy groups -OCH3 is 1. The van der Waals surface area contributed by atoms with Gasteiger partial charge >= 0.3 is 0 Å². The molecule has 6 heteroatoms. The highest BCUT2D eigenvalue weighted by Gasteiger charge is 2.01. The minimum Gasteiger partial charge on any atom is -0.497 e. The van der Waals surface area contributed by atoms with Crippen LogP contribution in [0.1, 0.15) is 16.7 Å². The van der Waals surface area contributed by atoms with Crippen LogP contribution in [0.4, 0.5) is 5.69 Å². The Labute approximate surface area is 133 Å². The number of benzene rings is 1. The Hall–Kier alpha value is -1.92. The van der Waals surface area contributed by atoms with E-state index in [0.29, 0.717) is 5.11 Å². The molecule has 0 aliphatic rings. The van der Waals surface area contributed by atoms with Gasteiger partial charge in [0.15, 0.2) is 5.11 Å². The van der Waals surface area contributed by atoms with E-state index in [1.165, 1.54) is 4.88 Å². The van der Waals surface area contributed by atoms with E-state index in [9.17, 15) is 0 Å². The Morgan fingerprint density at radius 3 is 2.48 bits per heavy atom. The summed E-state index contributed by atoms with van der Waals surface area (Å²) in [5, 5.41) is 7.80. The van der Waals surface area contributed by atoms with Gasteiger partial charge in [-0.15, -0.1) is 11.3 Å². The summed E-state index contributed by atoms with van der Waals surface area (Å²) in [6, 6.07) is 11.7. The third kappa shape index (κ3) is 4.54. The summed E-state index contributed by atoms with van der Waals surface area (Å²) >= 11 is 6.92. The van der Waals surface area contributed by atoms with Gasteiger partial charge < -0.3 is 10.1 Å². The van der Waals surface area contributed by atoms with Crippen LogP contribution in [-0.2, 0) is 0 Å². The molecule has 0 spiro atoms. The van der Waals surface area contributed by atoms with Crippen molar-refractivity contribution in [1.29, 1.82) is 0 Å². The van der Waals surface area contributed by atoms with E-state index < -0.39 is 0 Å². The van der Waals surface area contributed by atoms with E-state index in [-0.39, 0.29) is 0 Å². The number of nitrogens with one attached hydrogen (secondary N) is 2. The molecule has 0 saturated heterocycles. The van der Waals surface area contributed by atoms with Crippen LogP contribution in [0.25, 0.3) is 0 Å². The normalized spacial score (nSPS) is 11.1. The molecule has 0 bridgehead atoms. The zero-order valence-corrected chi connectivity index (χ0v) is 13.8. The average Bonchev–Trinajstić information content (AvgIpc) is 2.92. The van der Waals surface area contributed by atoms with E-state index in [4.69, 9.17) is 17.0 Å². The zero-order chi connectivity index (χ0) is 15.2. The minimum atomic E-state index is 0.452. The molecule has 2 N–H and O–H groups in total.